The van der Waals surface area contributed by atoms with E-state index in [1.54, 1.807) is 55.4 Å². The van der Waals surface area contributed by atoms with Gasteiger partial charge in [-0.15, -0.1) is 0 Å². The van der Waals surface area contributed by atoms with Crippen LogP contribution in [0.15, 0.2) is 0 Å². The van der Waals surface area contributed by atoms with E-state index < -0.39 is 74.4 Å². The summed E-state index contributed by atoms with van der Waals surface area (Å²) >= 11 is 0. The number of hydrogen-bond acceptors (Lipinski definition) is 18. The molecule has 0 spiro atoms. The second kappa shape index (κ2) is 54.1. The fourth-order valence-corrected chi connectivity index (χ4v) is 13.8. The normalized spacial score (nSPS) is 14.0. The van der Waals surface area contributed by atoms with Gasteiger partial charge in [0.15, 0.2) is 0 Å². The van der Waals surface area contributed by atoms with Crippen molar-refractivity contribution in [3.05, 3.63) is 0 Å². The number of nitrogens with one attached hydrogen (secondary N) is 7. The molecular weight excluding hydrogens is 1370 g/mol. The molecule has 6 unspecified atom stereocenters. The van der Waals surface area contributed by atoms with Crippen molar-refractivity contribution < 1.29 is 67.0 Å². The lowest BCUT2D eigenvalue weighted by Crippen LogP contribution is -2.43. The van der Waals surface area contributed by atoms with E-state index in [0.29, 0.717) is 58.7 Å². The molecule has 0 aliphatic heterocycles. The Kier molecular flexibility index (Phi) is 51.3. The van der Waals surface area contributed by atoms with Gasteiger partial charge in [-0.05, 0) is 105 Å². The average molecular weight is 1530 g/mol. The van der Waals surface area contributed by atoms with Crippen molar-refractivity contribution in [2.24, 2.45) is 62.6 Å². The van der Waals surface area contributed by atoms with Crippen molar-refractivity contribution >= 4 is 70.3 Å². The zero-order valence-corrected chi connectivity index (χ0v) is 71.8. The highest BCUT2D eigenvalue weighted by Crippen LogP contribution is 2.42. The maximum Gasteiger partial charge on any atom is 0.223 e. The summed E-state index contributed by atoms with van der Waals surface area (Å²) in [5.74, 6) is -9.76. The summed E-state index contributed by atoms with van der Waals surface area (Å²) in [6, 6.07) is 0. The molecule has 0 heterocycles. The van der Waals surface area contributed by atoms with Gasteiger partial charge in [-0.1, -0.05) is 142 Å². The summed E-state index contributed by atoms with van der Waals surface area (Å²) < 4.78 is 10.3. The third-order valence-corrected chi connectivity index (χ3v) is 21.0. The van der Waals surface area contributed by atoms with E-state index in [1.807, 2.05) is 70.0 Å². The highest BCUT2D eigenvalue weighted by Gasteiger charge is 2.46. The van der Waals surface area contributed by atoms with Crippen molar-refractivity contribution in [1.29, 1.82) is 0 Å². The maximum atomic E-state index is 15.4. The Morgan fingerprint density at radius 3 is 1.09 bits per heavy atom. The van der Waals surface area contributed by atoms with Gasteiger partial charge < -0.3 is 66.3 Å². The van der Waals surface area contributed by atoms with Crippen molar-refractivity contribution in [3.8, 4) is 0 Å². The van der Waals surface area contributed by atoms with Crippen LogP contribution < -0.4 is 37.2 Å². The van der Waals surface area contributed by atoms with Crippen LogP contribution in [0.4, 0.5) is 0 Å². The SMILES string of the molecule is CCCCCCNC(=O)CC(CC(C)(C)C(=O)CC(CC(C)(C)C(=O)C(CC(=O)NCCOC)CC(C)(C)C(=O)CC(CC)C(=O)NCCOC)C(=O)NCCCCCC)C(=O)CC(C)(C)CC(CC(=O)C(C)(C)CC(CC(=O)NCCN(C)CCN(C)C)C(=O)NCCCC)C(=O)NCCN(C)CCN(C)C. The number of nitrogens with zero attached hydrogens (tertiary/aromatic N) is 4. The third-order valence-electron chi connectivity index (χ3n) is 21.0. The standard InChI is InChI=1S/C83H155N11O14/c1-23-27-30-32-35-84-71(99)52-62(67(95)60-79(5,6)55-64(76(104)89-38-42-94(20)46-44-92(17)18)50-69(97)82(11,12)58-66(78(106)87-34-29-25-3)54-73(101)85-37-41-93(19)45-43-91(15)16)56-80(7,8)70(98)51-65(77(105)88-36-33-31-28-24-2)59-83(13,14)74(102)63(53-72(100)86-39-47-107-21)57-81(9,10)68(96)49-61(26-4)75(103)90-40-48-108-22/h61-66H,23-60H2,1-22H3,(H,84,99)(H,85,101)(H,86,100)(H,87,106)(H,88,105)(H,89,104)(H,90,103). The van der Waals surface area contributed by atoms with E-state index in [9.17, 15) is 43.2 Å². The number of amides is 7. The smallest absolute Gasteiger partial charge is 0.223 e. The number of carbonyl (C=O) groups excluding carboxylic acids is 12. The zero-order valence-electron chi connectivity index (χ0n) is 71.8. The van der Waals surface area contributed by atoms with Crippen LogP contribution in [0.1, 0.15) is 245 Å². The number of hydrogen-bond donors (Lipinski definition) is 7. The Bertz CT molecular complexity index is 2720. The summed E-state index contributed by atoms with van der Waals surface area (Å²) in [6.45, 7) is 32.5. The first kappa shape index (κ1) is 102. The molecule has 6 atom stereocenters. The number of ketones is 5. The van der Waals surface area contributed by atoms with Gasteiger partial charge in [0.25, 0.3) is 0 Å². The zero-order chi connectivity index (χ0) is 82.4. The van der Waals surface area contributed by atoms with E-state index in [1.165, 1.54) is 14.2 Å². The Morgan fingerprint density at radius 2 is 0.648 bits per heavy atom. The minimum absolute atomic E-state index is 0.0307. The fourth-order valence-electron chi connectivity index (χ4n) is 13.8. The number of unbranched alkanes of at least 4 members (excludes halogenated alkanes) is 7. The summed E-state index contributed by atoms with van der Waals surface area (Å²) in [5, 5.41) is 20.7. The molecule has 7 N–H and O–H groups in total. The average Bonchev–Trinajstić information content (AvgIpc) is 0.809. The van der Waals surface area contributed by atoms with Crippen LogP contribution in [0.3, 0.4) is 0 Å². The first-order valence-corrected chi connectivity index (χ1v) is 40.7. The van der Waals surface area contributed by atoms with Crippen LogP contribution in [0.5, 0.6) is 0 Å². The summed E-state index contributed by atoms with van der Waals surface area (Å²) in [4.78, 5) is 182. The Hall–Kier alpha value is -5.60. The van der Waals surface area contributed by atoms with E-state index >= 15 is 14.4 Å². The molecule has 25 heteroatoms. The van der Waals surface area contributed by atoms with Crippen molar-refractivity contribution in [1.82, 2.24) is 56.8 Å². The second-order valence-corrected chi connectivity index (χ2v) is 34.7. The number of rotatable bonds is 66. The van der Waals surface area contributed by atoms with Gasteiger partial charge >= 0.3 is 0 Å². The van der Waals surface area contributed by atoms with Crippen LogP contribution in [0.25, 0.3) is 0 Å². The predicted molar refractivity (Wildman–Crippen MR) is 431 cm³/mol. The molecule has 0 radical (unpaired) electrons. The predicted octanol–water partition coefficient (Wildman–Crippen LogP) is 8.81. The molecule has 626 valence electrons. The van der Waals surface area contributed by atoms with Crippen LogP contribution in [-0.4, -0.2) is 245 Å². The molecule has 0 saturated carbocycles. The summed E-state index contributed by atoms with van der Waals surface area (Å²) in [6.07, 6.45) is 7.37. The molecule has 0 aliphatic rings. The van der Waals surface area contributed by atoms with Gasteiger partial charge in [0, 0.05) is 201 Å². The van der Waals surface area contributed by atoms with E-state index in [2.05, 4.69) is 70.7 Å². The molecule has 0 aliphatic carbocycles. The molecule has 0 aromatic carbocycles. The highest BCUT2D eigenvalue weighted by atomic mass is 16.5. The number of methoxy groups -OCH3 is 2. The van der Waals surface area contributed by atoms with Gasteiger partial charge in [0.2, 0.25) is 41.4 Å². The van der Waals surface area contributed by atoms with Crippen molar-refractivity contribution in [2.45, 2.75) is 245 Å². The topological polar surface area (TPSA) is 320 Å². The minimum Gasteiger partial charge on any atom is -0.383 e. The van der Waals surface area contributed by atoms with Gasteiger partial charge in [-0.25, -0.2) is 0 Å². The molecule has 108 heavy (non-hydrogen) atoms. The monoisotopic (exact) mass is 1530 g/mol. The van der Waals surface area contributed by atoms with Crippen LogP contribution in [-0.2, 0) is 67.0 Å². The Balaban J connectivity index is 7.73. The fraction of sp³-hybridized carbons (Fsp3) is 0.855. The molecular formula is C83H155N11O14. The number of ether oxygens (including phenoxy) is 2. The lowest BCUT2D eigenvalue weighted by Gasteiger charge is -2.36. The first-order valence-electron chi connectivity index (χ1n) is 40.7. The molecule has 0 rings (SSSR count). The van der Waals surface area contributed by atoms with Crippen molar-refractivity contribution in [2.75, 3.05) is 155 Å². The number of likely N-dealkylation sites (N-methyl/N-ethyl adjacent to an activating group) is 4. The second-order valence-electron chi connectivity index (χ2n) is 34.7. The maximum absolute atomic E-state index is 15.4. The molecule has 0 saturated heterocycles. The summed E-state index contributed by atoms with van der Waals surface area (Å²) in [7, 11) is 14.9. The first-order chi connectivity index (χ1) is 50.5. The summed E-state index contributed by atoms with van der Waals surface area (Å²) in [5.41, 5.74) is -6.04. The third kappa shape index (κ3) is 44.4. The Morgan fingerprint density at radius 1 is 0.324 bits per heavy atom. The molecule has 0 aromatic rings. The minimum atomic E-state index is -1.36. The van der Waals surface area contributed by atoms with Crippen LogP contribution in [0, 0.1) is 62.6 Å². The molecule has 0 aromatic heterocycles. The molecule has 7 amide bonds. The van der Waals surface area contributed by atoms with Gasteiger partial charge in [-0.2, -0.15) is 0 Å². The van der Waals surface area contributed by atoms with Gasteiger partial charge in [0.1, 0.15) is 28.9 Å². The van der Waals surface area contributed by atoms with Crippen LogP contribution >= 0.6 is 0 Å². The largest absolute Gasteiger partial charge is 0.383 e. The van der Waals surface area contributed by atoms with E-state index in [4.69, 9.17) is 9.47 Å². The molecule has 25 nitrogen and oxygen atoms in total. The number of Topliss-reactive ketones (excluding diaryl/α,β-unsaturated/α-hetero) is 5. The number of carbonyl (C=O) groups is 12. The molecule has 0 bridgehead atoms. The van der Waals surface area contributed by atoms with E-state index in [0.717, 1.165) is 84.0 Å². The van der Waals surface area contributed by atoms with Gasteiger partial charge in [0.05, 0.1) is 13.2 Å². The Labute approximate surface area is 653 Å². The van der Waals surface area contributed by atoms with Gasteiger partial charge in [-0.3, -0.25) is 57.5 Å². The quantitative estimate of drug-likeness (QED) is 0.0280. The van der Waals surface area contributed by atoms with Crippen molar-refractivity contribution in [3.63, 3.8) is 0 Å². The van der Waals surface area contributed by atoms with E-state index in [-0.39, 0.29) is 162 Å². The lowest BCUT2D eigenvalue weighted by molar-refractivity contribution is -0.141. The lowest BCUT2D eigenvalue weighted by atomic mass is 9.67. The van der Waals surface area contributed by atoms with Crippen LogP contribution in [0.2, 0.25) is 0 Å². The molecule has 0 fully saturated rings. The highest BCUT2D eigenvalue weighted by molar-refractivity contribution is 5.96.